The van der Waals surface area contributed by atoms with Crippen LogP contribution in [0.25, 0.3) is 5.65 Å². The summed E-state index contributed by atoms with van der Waals surface area (Å²) in [5.41, 5.74) is 2.63. The molecule has 2 N–H and O–H groups in total. The number of sulfonamides is 1. The quantitative estimate of drug-likeness (QED) is 0.420. The van der Waals surface area contributed by atoms with Gasteiger partial charge in [-0.2, -0.15) is 5.10 Å². The maximum atomic E-state index is 13.8. The monoisotopic (exact) mass is 562 g/mol. The third kappa shape index (κ3) is 5.18. The number of aryl methyl sites for hydroxylation is 1. The summed E-state index contributed by atoms with van der Waals surface area (Å²) in [6.07, 6.45) is 5.32. The largest absolute Gasteiger partial charge is 0.366 e. The van der Waals surface area contributed by atoms with Gasteiger partial charge in [0.1, 0.15) is 5.82 Å². The number of ether oxygens (including phenoxy) is 1. The van der Waals surface area contributed by atoms with E-state index in [2.05, 4.69) is 4.72 Å². The molecule has 0 radical (unpaired) electrons. The molecule has 3 unspecified atom stereocenters. The van der Waals surface area contributed by atoms with Crippen molar-refractivity contribution in [1.29, 1.82) is 0 Å². The van der Waals surface area contributed by atoms with E-state index in [-0.39, 0.29) is 29.2 Å². The van der Waals surface area contributed by atoms with Crippen LogP contribution in [0, 0.1) is 6.92 Å². The third-order valence-electron chi connectivity index (χ3n) is 7.15. The average Bonchev–Trinajstić information content (AvgIpc) is 3.26. The SMILES string of the molecule is COC(O)C1CCN1c1nc2cc(C3CCCCN3C(=O)c3cc(Cl)ccc3NS(C)(=O)=O)nn2cc1C. The number of aliphatic hydroxyl groups excluding tert-OH is 1. The number of nitrogens with one attached hydrogen (secondary N) is 1. The molecule has 13 heteroatoms. The van der Waals surface area contributed by atoms with E-state index in [1.807, 2.05) is 24.1 Å². The maximum absolute atomic E-state index is 13.8. The fraction of sp³-hybridized carbons (Fsp3) is 0.480. The first-order valence-corrected chi connectivity index (χ1v) is 14.8. The summed E-state index contributed by atoms with van der Waals surface area (Å²) < 4.78 is 33.1. The number of rotatable bonds is 7. The standard InChI is InChI=1S/C25H31ClN6O5S/c1-15-14-32-22(27-23(15)30-11-9-21(30)25(34)37-2)13-19(28-32)20-6-4-5-10-31(20)24(33)17-12-16(26)7-8-18(17)29-38(3,35)36/h7-8,12-14,20-21,25,29,34H,4-6,9-11H2,1-3H3. The van der Waals surface area contributed by atoms with Gasteiger partial charge in [-0.3, -0.25) is 9.52 Å². The average molecular weight is 563 g/mol. The Labute approximate surface area is 226 Å². The number of likely N-dealkylation sites (tertiary alicyclic amines) is 1. The molecule has 11 nitrogen and oxygen atoms in total. The second-order valence-corrected chi connectivity index (χ2v) is 12.1. The molecule has 2 aromatic heterocycles. The van der Waals surface area contributed by atoms with E-state index in [1.165, 1.54) is 19.2 Å². The Bertz CT molecular complexity index is 1480. The van der Waals surface area contributed by atoms with Crippen molar-refractivity contribution in [1.82, 2.24) is 19.5 Å². The van der Waals surface area contributed by atoms with Crippen molar-refractivity contribution in [2.45, 2.75) is 51.0 Å². The van der Waals surface area contributed by atoms with Crippen molar-refractivity contribution in [3.8, 4) is 0 Å². The van der Waals surface area contributed by atoms with Crippen LogP contribution in [0.3, 0.4) is 0 Å². The summed E-state index contributed by atoms with van der Waals surface area (Å²) >= 11 is 6.19. The fourth-order valence-corrected chi connectivity index (χ4v) is 5.97. The Morgan fingerprint density at radius 3 is 2.71 bits per heavy atom. The van der Waals surface area contributed by atoms with Crippen LogP contribution < -0.4 is 9.62 Å². The summed E-state index contributed by atoms with van der Waals surface area (Å²) in [4.78, 5) is 22.4. The van der Waals surface area contributed by atoms with Crippen molar-refractivity contribution in [3.05, 3.63) is 52.3 Å². The van der Waals surface area contributed by atoms with Gasteiger partial charge in [0.25, 0.3) is 5.91 Å². The van der Waals surface area contributed by atoms with Crippen molar-refractivity contribution in [3.63, 3.8) is 0 Å². The van der Waals surface area contributed by atoms with E-state index < -0.39 is 16.3 Å². The first kappa shape index (κ1) is 26.7. The van der Waals surface area contributed by atoms with Crippen molar-refractivity contribution >= 4 is 44.7 Å². The molecular weight excluding hydrogens is 532 g/mol. The van der Waals surface area contributed by atoms with Gasteiger partial charge >= 0.3 is 0 Å². The normalized spacial score (nSPS) is 20.9. The van der Waals surface area contributed by atoms with Crippen LogP contribution in [0.2, 0.25) is 5.02 Å². The van der Waals surface area contributed by atoms with Crippen LogP contribution in [-0.2, 0) is 14.8 Å². The first-order chi connectivity index (χ1) is 18.1. The number of carbonyl (C=O) groups is 1. The zero-order valence-electron chi connectivity index (χ0n) is 21.5. The number of nitrogens with zero attached hydrogens (tertiary/aromatic N) is 5. The number of anilines is 2. The van der Waals surface area contributed by atoms with Crippen molar-refractivity contribution in [2.75, 3.05) is 36.1 Å². The summed E-state index contributed by atoms with van der Waals surface area (Å²) in [5.74, 6) is 0.450. The number of carbonyl (C=O) groups excluding carboxylic acids is 1. The zero-order chi connectivity index (χ0) is 27.2. The predicted octanol–water partition coefficient (Wildman–Crippen LogP) is 2.97. The number of benzene rings is 1. The lowest BCUT2D eigenvalue weighted by atomic mass is 9.98. The summed E-state index contributed by atoms with van der Waals surface area (Å²) in [7, 11) is -2.12. The minimum atomic E-state index is -3.60. The van der Waals surface area contributed by atoms with Gasteiger partial charge in [0.05, 0.1) is 35.3 Å². The van der Waals surface area contributed by atoms with E-state index in [9.17, 15) is 18.3 Å². The lowest BCUT2D eigenvalue weighted by Gasteiger charge is -2.44. The van der Waals surface area contributed by atoms with Gasteiger partial charge in [-0.25, -0.2) is 17.9 Å². The summed E-state index contributed by atoms with van der Waals surface area (Å²) in [6, 6.07) is 5.95. The van der Waals surface area contributed by atoms with Gasteiger partial charge in [0.2, 0.25) is 10.0 Å². The number of halogens is 1. The molecule has 1 aromatic carbocycles. The predicted molar refractivity (Wildman–Crippen MR) is 144 cm³/mol. The lowest BCUT2D eigenvalue weighted by molar-refractivity contribution is -0.101. The molecule has 0 bridgehead atoms. The molecule has 4 heterocycles. The molecule has 2 aliphatic rings. The number of piperidine rings is 1. The second-order valence-electron chi connectivity index (χ2n) is 9.87. The van der Waals surface area contributed by atoms with E-state index in [1.54, 1.807) is 15.5 Å². The van der Waals surface area contributed by atoms with Gasteiger partial charge in [0.15, 0.2) is 11.9 Å². The lowest BCUT2D eigenvalue weighted by Crippen LogP contribution is -2.55. The van der Waals surface area contributed by atoms with Gasteiger partial charge in [-0.1, -0.05) is 11.6 Å². The molecule has 2 saturated heterocycles. The maximum Gasteiger partial charge on any atom is 0.256 e. The highest BCUT2D eigenvalue weighted by Gasteiger charge is 2.37. The van der Waals surface area contributed by atoms with E-state index in [0.717, 1.165) is 43.4 Å². The highest BCUT2D eigenvalue weighted by Crippen LogP contribution is 2.35. The van der Waals surface area contributed by atoms with E-state index in [0.29, 0.717) is 29.3 Å². The number of aromatic nitrogens is 3. The molecule has 1 amide bonds. The highest BCUT2D eigenvalue weighted by atomic mass is 35.5. The van der Waals surface area contributed by atoms with Crippen molar-refractivity contribution < 1.29 is 23.1 Å². The number of amides is 1. The first-order valence-electron chi connectivity index (χ1n) is 12.5. The molecule has 3 aromatic rings. The minimum absolute atomic E-state index is 0.157. The number of hydrogen-bond acceptors (Lipinski definition) is 8. The molecule has 2 fully saturated rings. The van der Waals surface area contributed by atoms with E-state index >= 15 is 0 Å². The van der Waals surface area contributed by atoms with Crippen LogP contribution >= 0.6 is 11.6 Å². The smallest absolute Gasteiger partial charge is 0.256 e. The summed E-state index contributed by atoms with van der Waals surface area (Å²) in [6.45, 7) is 3.22. The van der Waals surface area contributed by atoms with E-state index in [4.69, 9.17) is 26.4 Å². The van der Waals surface area contributed by atoms with Crippen LogP contribution in [0.5, 0.6) is 0 Å². The Hall–Kier alpha value is -2.93. The van der Waals surface area contributed by atoms with Crippen LogP contribution in [0.15, 0.2) is 30.5 Å². The summed E-state index contributed by atoms with van der Waals surface area (Å²) in [5, 5.41) is 15.3. The molecule has 204 valence electrons. The molecule has 5 rings (SSSR count). The van der Waals surface area contributed by atoms with Crippen molar-refractivity contribution in [2.24, 2.45) is 0 Å². The zero-order valence-corrected chi connectivity index (χ0v) is 23.0. The fourth-order valence-electron chi connectivity index (χ4n) is 5.22. The Balaban J connectivity index is 1.47. The second kappa shape index (κ2) is 10.3. The molecule has 2 aliphatic heterocycles. The highest BCUT2D eigenvalue weighted by molar-refractivity contribution is 7.92. The number of hydrogen-bond donors (Lipinski definition) is 2. The molecule has 0 aliphatic carbocycles. The van der Waals surface area contributed by atoms with Gasteiger partial charge < -0.3 is 19.6 Å². The van der Waals surface area contributed by atoms with Gasteiger partial charge in [-0.15, -0.1) is 0 Å². The Morgan fingerprint density at radius 2 is 2.03 bits per heavy atom. The van der Waals surface area contributed by atoms with Crippen LogP contribution in [0.4, 0.5) is 11.5 Å². The topological polar surface area (TPSA) is 129 Å². The number of methoxy groups -OCH3 is 1. The molecule has 0 saturated carbocycles. The molecular formula is C25H31ClN6O5S. The molecule has 38 heavy (non-hydrogen) atoms. The Kier molecular flexibility index (Phi) is 7.25. The van der Waals surface area contributed by atoms with Gasteiger partial charge in [0, 0.05) is 43.0 Å². The van der Waals surface area contributed by atoms with Crippen LogP contribution in [0.1, 0.15) is 53.3 Å². The Morgan fingerprint density at radius 1 is 1.24 bits per heavy atom. The number of fused-ring (bicyclic) bond motifs is 1. The van der Waals surface area contributed by atoms with Crippen LogP contribution in [-0.4, -0.2) is 77.7 Å². The number of aliphatic hydroxyl groups is 1. The van der Waals surface area contributed by atoms with Gasteiger partial charge in [-0.05, 0) is 50.8 Å². The third-order valence-corrected chi connectivity index (χ3v) is 7.97. The molecule has 0 spiro atoms. The molecule has 3 atom stereocenters. The minimum Gasteiger partial charge on any atom is -0.366 e.